The van der Waals surface area contributed by atoms with Crippen LogP contribution in [0.4, 0.5) is 5.69 Å². The SMILES string of the molecule is O=C(COC(=O)[C@@H]1Cc2ccccc2CN1C(=O)c1ccco1)Nc1ccccc1Cc1ccccc1. The van der Waals surface area contributed by atoms with Crippen molar-refractivity contribution < 1.29 is 23.5 Å². The minimum Gasteiger partial charge on any atom is -0.459 e. The minimum atomic E-state index is -0.870. The molecule has 0 unspecified atom stereocenters. The van der Waals surface area contributed by atoms with Gasteiger partial charge in [-0.25, -0.2) is 4.79 Å². The number of benzene rings is 3. The topological polar surface area (TPSA) is 88.9 Å². The molecule has 1 N–H and O–H groups in total. The highest BCUT2D eigenvalue weighted by molar-refractivity contribution is 5.96. The van der Waals surface area contributed by atoms with Crippen LogP contribution in [0.2, 0.25) is 0 Å². The third-order valence-corrected chi connectivity index (χ3v) is 6.39. The molecule has 2 amide bonds. The molecule has 1 atom stereocenters. The van der Waals surface area contributed by atoms with Crippen LogP contribution in [0.3, 0.4) is 0 Å². The van der Waals surface area contributed by atoms with Gasteiger partial charge in [-0.05, 0) is 46.9 Å². The fraction of sp³-hybridized carbons (Fsp3) is 0.167. The van der Waals surface area contributed by atoms with Gasteiger partial charge >= 0.3 is 5.97 Å². The Bertz CT molecular complexity index is 1400. The van der Waals surface area contributed by atoms with E-state index in [1.54, 1.807) is 12.1 Å². The number of anilines is 1. The predicted molar refractivity (Wildman–Crippen MR) is 138 cm³/mol. The van der Waals surface area contributed by atoms with Gasteiger partial charge in [0.15, 0.2) is 12.4 Å². The van der Waals surface area contributed by atoms with Crippen LogP contribution < -0.4 is 5.32 Å². The summed E-state index contributed by atoms with van der Waals surface area (Å²) in [4.78, 5) is 40.4. The van der Waals surface area contributed by atoms with Gasteiger partial charge in [-0.2, -0.15) is 0 Å². The van der Waals surface area contributed by atoms with Gasteiger partial charge in [-0.1, -0.05) is 72.8 Å². The molecule has 186 valence electrons. The summed E-state index contributed by atoms with van der Waals surface area (Å²) in [6.45, 7) is -0.214. The van der Waals surface area contributed by atoms with E-state index in [9.17, 15) is 14.4 Å². The van der Waals surface area contributed by atoms with E-state index in [1.165, 1.54) is 11.2 Å². The average Bonchev–Trinajstić information content (AvgIpc) is 3.47. The first-order valence-electron chi connectivity index (χ1n) is 12.1. The zero-order valence-corrected chi connectivity index (χ0v) is 20.1. The number of amides is 2. The van der Waals surface area contributed by atoms with Crippen molar-refractivity contribution >= 4 is 23.5 Å². The molecule has 1 aliphatic rings. The average molecular weight is 495 g/mol. The molecule has 0 spiro atoms. The number of hydrogen-bond donors (Lipinski definition) is 1. The minimum absolute atomic E-state index is 0.143. The fourth-order valence-corrected chi connectivity index (χ4v) is 4.52. The lowest BCUT2D eigenvalue weighted by Gasteiger charge is -2.34. The van der Waals surface area contributed by atoms with Crippen molar-refractivity contribution in [3.05, 3.63) is 125 Å². The Morgan fingerprint density at radius 1 is 0.865 bits per heavy atom. The second-order valence-electron chi connectivity index (χ2n) is 8.87. The molecule has 5 rings (SSSR count). The van der Waals surface area contributed by atoms with E-state index < -0.39 is 30.4 Å². The first kappa shape index (κ1) is 24.1. The summed E-state index contributed by atoms with van der Waals surface area (Å²) in [5.41, 5.74) is 4.65. The van der Waals surface area contributed by atoms with Crippen molar-refractivity contribution in [1.82, 2.24) is 4.90 Å². The van der Waals surface area contributed by atoms with E-state index in [2.05, 4.69) is 5.32 Å². The monoisotopic (exact) mass is 494 g/mol. The molecule has 0 fully saturated rings. The van der Waals surface area contributed by atoms with Crippen molar-refractivity contribution in [2.75, 3.05) is 11.9 Å². The predicted octanol–water partition coefficient (Wildman–Crippen LogP) is 4.62. The van der Waals surface area contributed by atoms with Crippen LogP contribution in [0.15, 0.2) is 102 Å². The zero-order chi connectivity index (χ0) is 25.6. The second-order valence-corrected chi connectivity index (χ2v) is 8.87. The van der Waals surface area contributed by atoms with E-state index in [1.807, 2.05) is 78.9 Å². The number of fused-ring (bicyclic) bond motifs is 1. The second kappa shape index (κ2) is 11.0. The van der Waals surface area contributed by atoms with Crippen molar-refractivity contribution in [2.24, 2.45) is 0 Å². The maximum absolute atomic E-state index is 13.1. The standard InChI is InChI=1S/C30H26N2O5/c33-28(31-25-14-7-6-12-23(25)17-21-9-2-1-3-10-21)20-37-30(35)26-18-22-11-4-5-13-24(22)19-32(26)29(34)27-15-8-16-36-27/h1-16,26H,17-20H2,(H,31,33)/t26-/m0/s1. The Kier molecular flexibility index (Phi) is 7.12. The number of carbonyl (C=O) groups excluding carboxylic acids is 3. The van der Waals surface area contributed by atoms with Crippen LogP contribution in [0.1, 0.15) is 32.8 Å². The van der Waals surface area contributed by atoms with Crippen LogP contribution in [0.25, 0.3) is 0 Å². The normalized spacial score (nSPS) is 14.5. The number of nitrogens with one attached hydrogen (secondary N) is 1. The maximum atomic E-state index is 13.1. The van der Waals surface area contributed by atoms with Crippen LogP contribution in [-0.4, -0.2) is 35.3 Å². The molecule has 0 radical (unpaired) electrons. The molecule has 0 saturated heterocycles. The van der Waals surface area contributed by atoms with Crippen molar-refractivity contribution in [2.45, 2.75) is 25.4 Å². The lowest BCUT2D eigenvalue weighted by molar-refractivity contribution is -0.152. The number of rotatable bonds is 7. The van der Waals surface area contributed by atoms with Gasteiger partial charge in [-0.3, -0.25) is 9.59 Å². The third-order valence-electron chi connectivity index (χ3n) is 6.39. The quantitative estimate of drug-likeness (QED) is 0.379. The molecule has 4 aromatic rings. The fourth-order valence-electron chi connectivity index (χ4n) is 4.52. The number of ether oxygens (including phenoxy) is 1. The van der Waals surface area contributed by atoms with E-state index in [0.717, 1.165) is 22.3 Å². The highest BCUT2D eigenvalue weighted by Gasteiger charge is 2.37. The smallest absolute Gasteiger partial charge is 0.329 e. The van der Waals surface area contributed by atoms with Gasteiger partial charge in [0.2, 0.25) is 0 Å². The summed E-state index contributed by atoms with van der Waals surface area (Å²) in [5, 5.41) is 2.85. The summed E-state index contributed by atoms with van der Waals surface area (Å²) in [5.74, 6) is -1.35. The van der Waals surface area contributed by atoms with Crippen molar-refractivity contribution in [3.8, 4) is 0 Å². The Labute approximate surface area is 214 Å². The highest BCUT2D eigenvalue weighted by atomic mass is 16.5. The van der Waals surface area contributed by atoms with Gasteiger partial charge in [-0.15, -0.1) is 0 Å². The molecule has 2 heterocycles. The summed E-state index contributed by atoms with van der Waals surface area (Å²) >= 11 is 0. The molecule has 0 bridgehead atoms. The molecular formula is C30H26N2O5. The number of furan rings is 1. The van der Waals surface area contributed by atoms with Gasteiger partial charge in [0.25, 0.3) is 11.8 Å². The van der Waals surface area contributed by atoms with E-state index >= 15 is 0 Å². The Hall–Kier alpha value is -4.65. The number of esters is 1. The van der Waals surface area contributed by atoms with E-state index in [0.29, 0.717) is 18.5 Å². The highest BCUT2D eigenvalue weighted by Crippen LogP contribution is 2.26. The van der Waals surface area contributed by atoms with Crippen LogP contribution in [0.5, 0.6) is 0 Å². The van der Waals surface area contributed by atoms with E-state index in [-0.39, 0.29) is 12.3 Å². The number of para-hydroxylation sites is 1. The van der Waals surface area contributed by atoms with Crippen LogP contribution in [0, 0.1) is 0 Å². The molecule has 1 aliphatic heterocycles. The zero-order valence-electron chi connectivity index (χ0n) is 20.1. The summed E-state index contributed by atoms with van der Waals surface area (Å²) < 4.78 is 10.7. The third kappa shape index (κ3) is 5.62. The van der Waals surface area contributed by atoms with E-state index in [4.69, 9.17) is 9.15 Å². The molecule has 0 aliphatic carbocycles. The van der Waals surface area contributed by atoms with Crippen LogP contribution >= 0.6 is 0 Å². The largest absolute Gasteiger partial charge is 0.459 e. The number of hydrogen-bond acceptors (Lipinski definition) is 5. The lowest BCUT2D eigenvalue weighted by Crippen LogP contribution is -2.49. The van der Waals surface area contributed by atoms with Crippen molar-refractivity contribution in [1.29, 1.82) is 0 Å². The molecule has 0 saturated carbocycles. The molecule has 37 heavy (non-hydrogen) atoms. The first-order chi connectivity index (χ1) is 18.1. The van der Waals surface area contributed by atoms with Gasteiger partial charge < -0.3 is 19.4 Å². The van der Waals surface area contributed by atoms with Gasteiger partial charge in [0.05, 0.1) is 6.26 Å². The number of carbonyl (C=O) groups is 3. The van der Waals surface area contributed by atoms with Gasteiger partial charge in [0, 0.05) is 18.7 Å². The number of nitrogens with zero attached hydrogens (tertiary/aromatic N) is 1. The molecule has 1 aromatic heterocycles. The summed E-state index contributed by atoms with van der Waals surface area (Å²) in [7, 11) is 0. The Morgan fingerprint density at radius 2 is 1.59 bits per heavy atom. The lowest BCUT2D eigenvalue weighted by atomic mass is 9.93. The summed E-state index contributed by atoms with van der Waals surface area (Å²) in [6.07, 6.45) is 2.36. The summed E-state index contributed by atoms with van der Waals surface area (Å²) in [6, 6.07) is 27.4. The Morgan fingerprint density at radius 3 is 2.38 bits per heavy atom. The van der Waals surface area contributed by atoms with Crippen molar-refractivity contribution in [3.63, 3.8) is 0 Å². The van der Waals surface area contributed by atoms with Gasteiger partial charge in [0.1, 0.15) is 6.04 Å². The Balaban J connectivity index is 1.26. The molecule has 7 nitrogen and oxygen atoms in total. The maximum Gasteiger partial charge on any atom is 0.329 e. The molecule has 3 aromatic carbocycles. The van der Waals surface area contributed by atoms with Crippen LogP contribution in [-0.2, 0) is 33.7 Å². The molecular weight excluding hydrogens is 468 g/mol. The molecule has 7 heteroatoms. The first-order valence-corrected chi connectivity index (χ1v) is 12.1.